The Hall–Kier alpha value is -1.92. The van der Waals surface area contributed by atoms with Crippen LogP contribution in [0.25, 0.3) is 0 Å². The molecule has 2 heterocycles. The minimum atomic E-state index is -0.291. The highest BCUT2D eigenvalue weighted by atomic mass is 32.1. The molecule has 1 aliphatic rings. The second-order valence-corrected chi connectivity index (χ2v) is 7.49. The highest BCUT2D eigenvalue weighted by Crippen LogP contribution is 2.20. The number of hydrogen-bond acceptors (Lipinski definition) is 3. The van der Waals surface area contributed by atoms with E-state index >= 15 is 0 Å². The number of urea groups is 1. The lowest BCUT2D eigenvalue weighted by atomic mass is 9.97. The standard InChI is InChI=1S/C19H24FN3OS/c20-18-6-2-1-4-16(18)13-22-19(24)21-12-15-7-9-23(10-8-15)14-17-5-3-11-25-17/h1-6,11,15H,7-10,12-14H2,(H2,21,22,24). The van der Waals surface area contributed by atoms with E-state index in [4.69, 9.17) is 0 Å². The molecule has 2 N–H and O–H groups in total. The fraction of sp³-hybridized carbons (Fsp3) is 0.421. The molecule has 0 aliphatic carbocycles. The topological polar surface area (TPSA) is 44.4 Å². The molecule has 3 rings (SSSR count). The molecule has 0 bridgehead atoms. The van der Waals surface area contributed by atoms with Crippen LogP contribution >= 0.6 is 11.3 Å². The van der Waals surface area contributed by atoms with Crippen molar-refractivity contribution in [2.45, 2.75) is 25.9 Å². The van der Waals surface area contributed by atoms with Gasteiger partial charge in [-0.25, -0.2) is 9.18 Å². The maximum absolute atomic E-state index is 13.5. The van der Waals surface area contributed by atoms with Gasteiger partial charge in [-0.3, -0.25) is 4.90 Å². The van der Waals surface area contributed by atoms with Gasteiger partial charge < -0.3 is 10.6 Å². The van der Waals surface area contributed by atoms with Crippen LogP contribution in [0, 0.1) is 11.7 Å². The third-order valence-corrected chi connectivity index (χ3v) is 5.48. The predicted molar refractivity (Wildman–Crippen MR) is 99.0 cm³/mol. The van der Waals surface area contributed by atoms with Gasteiger partial charge in [-0.05, 0) is 49.4 Å². The second kappa shape index (κ2) is 8.97. The van der Waals surface area contributed by atoms with Gasteiger partial charge in [0.1, 0.15) is 5.82 Å². The average molecular weight is 361 g/mol. The number of benzene rings is 1. The molecule has 0 spiro atoms. The SMILES string of the molecule is O=C(NCc1ccccc1F)NCC1CCN(Cc2cccs2)CC1. The molecule has 0 radical (unpaired) electrons. The second-order valence-electron chi connectivity index (χ2n) is 6.45. The van der Waals surface area contributed by atoms with Gasteiger partial charge in [0.25, 0.3) is 0 Å². The van der Waals surface area contributed by atoms with E-state index in [1.54, 1.807) is 29.5 Å². The molecular formula is C19H24FN3OS. The number of nitrogens with zero attached hydrogens (tertiary/aromatic N) is 1. The van der Waals surface area contributed by atoms with Gasteiger partial charge in [0, 0.05) is 30.1 Å². The van der Waals surface area contributed by atoms with Crippen LogP contribution < -0.4 is 10.6 Å². The molecule has 2 amide bonds. The van der Waals surface area contributed by atoms with Gasteiger partial charge in [-0.15, -0.1) is 11.3 Å². The number of rotatable bonds is 6. The molecule has 2 aromatic rings. The Kier molecular flexibility index (Phi) is 6.42. The molecule has 4 nitrogen and oxygen atoms in total. The Morgan fingerprint density at radius 2 is 1.96 bits per heavy atom. The summed E-state index contributed by atoms with van der Waals surface area (Å²) >= 11 is 1.80. The van der Waals surface area contributed by atoms with E-state index in [1.165, 1.54) is 10.9 Å². The molecule has 0 unspecified atom stereocenters. The Labute approximate surface area is 152 Å². The van der Waals surface area contributed by atoms with Crippen LogP contribution in [0.1, 0.15) is 23.3 Å². The third kappa shape index (κ3) is 5.54. The maximum atomic E-state index is 13.5. The average Bonchev–Trinajstić information content (AvgIpc) is 3.13. The molecule has 1 aliphatic heterocycles. The largest absolute Gasteiger partial charge is 0.338 e. The monoisotopic (exact) mass is 361 g/mol. The zero-order valence-corrected chi connectivity index (χ0v) is 15.0. The number of carbonyl (C=O) groups excluding carboxylic acids is 1. The fourth-order valence-corrected chi connectivity index (χ4v) is 3.83. The number of likely N-dealkylation sites (tertiary alicyclic amines) is 1. The molecule has 25 heavy (non-hydrogen) atoms. The maximum Gasteiger partial charge on any atom is 0.315 e. The van der Waals surface area contributed by atoms with Gasteiger partial charge >= 0.3 is 6.03 Å². The summed E-state index contributed by atoms with van der Waals surface area (Å²) in [6, 6.07) is 10.5. The number of nitrogens with one attached hydrogen (secondary N) is 2. The van der Waals surface area contributed by atoms with Gasteiger partial charge in [0.15, 0.2) is 0 Å². The lowest BCUT2D eigenvalue weighted by Gasteiger charge is -2.31. The molecule has 0 atom stereocenters. The minimum Gasteiger partial charge on any atom is -0.338 e. The highest BCUT2D eigenvalue weighted by Gasteiger charge is 2.20. The minimum absolute atomic E-state index is 0.206. The summed E-state index contributed by atoms with van der Waals surface area (Å²) in [5.41, 5.74) is 0.500. The molecule has 1 aromatic carbocycles. The lowest BCUT2D eigenvalue weighted by molar-refractivity contribution is 0.176. The Morgan fingerprint density at radius 3 is 2.68 bits per heavy atom. The van der Waals surface area contributed by atoms with Crippen molar-refractivity contribution in [1.82, 2.24) is 15.5 Å². The summed E-state index contributed by atoms with van der Waals surface area (Å²) in [5.74, 6) is 0.222. The molecule has 1 saturated heterocycles. The van der Waals surface area contributed by atoms with E-state index in [0.717, 1.165) is 32.5 Å². The molecule has 6 heteroatoms. The number of piperidine rings is 1. The number of hydrogen-bond donors (Lipinski definition) is 2. The van der Waals surface area contributed by atoms with Crippen LogP contribution in [0.15, 0.2) is 41.8 Å². The van der Waals surface area contributed by atoms with Crippen molar-refractivity contribution in [3.63, 3.8) is 0 Å². The van der Waals surface area contributed by atoms with Crippen molar-refractivity contribution in [2.24, 2.45) is 5.92 Å². The summed E-state index contributed by atoms with van der Waals surface area (Å²) in [6.07, 6.45) is 2.19. The molecule has 0 saturated carbocycles. The Balaban J connectivity index is 1.32. The van der Waals surface area contributed by atoms with Gasteiger partial charge in [-0.2, -0.15) is 0 Å². The van der Waals surface area contributed by atoms with Crippen molar-refractivity contribution in [1.29, 1.82) is 0 Å². The molecule has 134 valence electrons. The van der Waals surface area contributed by atoms with Crippen LogP contribution in [0.4, 0.5) is 9.18 Å². The molecular weight excluding hydrogens is 337 g/mol. The molecule has 1 fully saturated rings. The fourth-order valence-electron chi connectivity index (χ4n) is 3.09. The van der Waals surface area contributed by atoms with Gasteiger partial charge in [0.05, 0.1) is 0 Å². The quantitative estimate of drug-likeness (QED) is 0.826. The van der Waals surface area contributed by atoms with E-state index in [2.05, 4.69) is 33.0 Å². The Morgan fingerprint density at radius 1 is 1.16 bits per heavy atom. The van der Waals surface area contributed by atoms with Crippen LogP contribution in [0.5, 0.6) is 0 Å². The number of amides is 2. The normalized spacial score (nSPS) is 15.9. The summed E-state index contributed by atoms with van der Waals surface area (Å²) in [6.45, 7) is 4.05. The van der Waals surface area contributed by atoms with Crippen molar-refractivity contribution in [2.75, 3.05) is 19.6 Å². The van der Waals surface area contributed by atoms with E-state index in [-0.39, 0.29) is 18.4 Å². The lowest BCUT2D eigenvalue weighted by Crippen LogP contribution is -2.41. The van der Waals surface area contributed by atoms with Crippen LogP contribution in [0.2, 0.25) is 0 Å². The summed E-state index contributed by atoms with van der Waals surface area (Å²) < 4.78 is 13.5. The molecule has 1 aromatic heterocycles. The van der Waals surface area contributed by atoms with Crippen molar-refractivity contribution in [3.05, 3.63) is 58.0 Å². The van der Waals surface area contributed by atoms with Crippen LogP contribution in [-0.4, -0.2) is 30.6 Å². The van der Waals surface area contributed by atoms with Crippen LogP contribution in [-0.2, 0) is 13.1 Å². The number of carbonyl (C=O) groups is 1. The first-order chi connectivity index (χ1) is 12.2. The van der Waals surface area contributed by atoms with Crippen LogP contribution in [0.3, 0.4) is 0 Å². The van der Waals surface area contributed by atoms with Gasteiger partial charge in [0.2, 0.25) is 0 Å². The first-order valence-corrected chi connectivity index (χ1v) is 9.58. The number of thiophene rings is 1. The predicted octanol–water partition coefficient (Wildman–Crippen LogP) is 3.60. The summed E-state index contributed by atoms with van der Waals surface area (Å²) in [7, 11) is 0. The zero-order chi connectivity index (χ0) is 17.5. The third-order valence-electron chi connectivity index (χ3n) is 4.62. The summed E-state index contributed by atoms with van der Waals surface area (Å²) in [5, 5.41) is 7.75. The van der Waals surface area contributed by atoms with Crippen molar-refractivity contribution in [3.8, 4) is 0 Å². The van der Waals surface area contributed by atoms with E-state index < -0.39 is 0 Å². The van der Waals surface area contributed by atoms with E-state index in [1.807, 2.05) is 0 Å². The highest BCUT2D eigenvalue weighted by molar-refractivity contribution is 7.09. The van der Waals surface area contributed by atoms with Crippen molar-refractivity contribution < 1.29 is 9.18 Å². The van der Waals surface area contributed by atoms with Crippen molar-refractivity contribution >= 4 is 17.4 Å². The first kappa shape index (κ1) is 17.9. The summed E-state index contributed by atoms with van der Waals surface area (Å²) in [4.78, 5) is 15.8. The number of halogens is 1. The smallest absolute Gasteiger partial charge is 0.315 e. The Bertz CT molecular complexity index is 669. The van der Waals surface area contributed by atoms with Gasteiger partial charge in [-0.1, -0.05) is 24.3 Å². The zero-order valence-electron chi connectivity index (χ0n) is 14.2. The van der Waals surface area contributed by atoms with E-state index in [9.17, 15) is 9.18 Å². The van der Waals surface area contributed by atoms with E-state index in [0.29, 0.717) is 18.0 Å². The first-order valence-electron chi connectivity index (χ1n) is 8.70.